The SMILES string of the molecule is C=C(C1=C(N=C(C)C2CCCN2)CCC(C)(C)C1)N1CCOc2ccc(-c3ccc4nc(C)[nH]c4c3)cc2C1. The van der Waals surface area contributed by atoms with E-state index >= 15 is 0 Å². The molecule has 1 aliphatic carbocycles. The maximum Gasteiger partial charge on any atom is 0.124 e. The van der Waals surface area contributed by atoms with E-state index in [0.29, 0.717) is 12.6 Å². The number of allylic oxidation sites excluding steroid dienone is 2. The van der Waals surface area contributed by atoms with E-state index in [9.17, 15) is 0 Å². The van der Waals surface area contributed by atoms with Gasteiger partial charge in [-0.2, -0.15) is 0 Å². The lowest BCUT2D eigenvalue weighted by atomic mass is 9.75. The minimum atomic E-state index is 0.244. The summed E-state index contributed by atoms with van der Waals surface area (Å²) >= 11 is 0. The van der Waals surface area contributed by atoms with E-state index in [2.05, 4.69) is 83.9 Å². The second-order valence-corrected chi connectivity index (χ2v) is 12.3. The molecule has 1 atom stereocenters. The first kappa shape index (κ1) is 25.9. The third kappa shape index (κ3) is 5.40. The summed E-state index contributed by atoms with van der Waals surface area (Å²) in [5, 5.41) is 3.61. The highest BCUT2D eigenvalue weighted by Crippen LogP contribution is 2.43. The summed E-state index contributed by atoms with van der Waals surface area (Å²) < 4.78 is 6.23. The van der Waals surface area contributed by atoms with E-state index in [4.69, 9.17) is 9.73 Å². The molecule has 0 spiro atoms. The standard InChI is InChI=1S/C33H41N5O/c1-21(28-7-6-14-34-28)35-29-12-13-33(4,5)19-27(29)22(2)38-15-16-39-32-11-9-24(17-26(32)20-38)25-8-10-30-31(18-25)37-23(3)36-30/h8-11,17-18,28,34H,2,6-7,12-16,19-20H2,1,3-5H3,(H,36,37). The molecular weight excluding hydrogens is 482 g/mol. The predicted octanol–water partition coefficient (Wildman–Crippen LogP) is 6.92. The van der Waals surface area contributed by atoms with Crippen molar-refractivity contribution in [2.24, 2.45) is 10.4 Å². The molecule has 3 aliphatic rings. The molecular formula is C33H41N5O. The van der Waals surface area contributed by atoms with Crippen molar-refractivity contribution >= 4 is 16.7 Å². The number of imidazole rings is 1. The van der Waals surface area contributed by atoms with Crippen molar-refractivity contribution in [3.8, 4) is 16.9 Å². The van der Waals surface area contributed by atoms with Crippen molar-refractivity contribution in [1.29, 1.82) is 0 Å². The second kappa shape index (κ2) is 10.3. The van der Waals surface area contributed by atoms with Crippen LogP contribution in [0.2, 0.25) is 0 Å². The van der Waals surface area contributed by atoms with Crippen molar-refractivity contribution in [2.45, 2.75) is 72.4 Å². The maximum absolute atomic E-state index is 6.23. The molecule has 0 radical (unpaired) electrons. The van der Waals surface area contributed by atoms with Crippen LogP contribution in [0.4, 0.5) is 0 Å². The van der Waals surface area contributed by atoms with Crippen LogP contribution < -0.4 is 10.1 Å². The van der Waals surface area contributed by atoms with Crippen molar-refractivity contribution in [3.05, 3.63) is 71.3 Å². The number of aliphatic imine (C=N–C) groups is 1. The van der Waals surface area contributed by atoms with Crippen molar-refractivity contribution in [1.82, 2.24) is 20.2 Å². The van der Waals surface area contributed by atoms with Gasteiger partial charge in [-0.3, -0.25) is 4.99 Å². The third-order valence-electron chi connectivity index (χ3n) is 8.62. The fourth-order valence-corrected chi connectivity index (χ4v) is 6.31. The van der Waals surface area contributed by atoms with Gasteiger partial charge in [0.25, 0.3) is 0 Å². The molecule has 0 bridgehead atoms. The summed E-state index contributed by atoms with van der Waals surface area (Å²) in [4.78, 5) is 15.6. The first-order valence-corrected chi connectivity index (χ1v) is 14.4. The Labute approximate surface area is 232 Å². The quantitative estimate of drug-likeness (QED) is 0.356. The molecule has 39 heavy (non-hydrogen) atoms. The fourth-order valence-electron chi connectivity index (χ4n) is 6.31. The van der Waals surface area contributed by atoms with E-state index < -0.39 is 0 Å². The second-order valence-electron chi connectivity index (χ2n) is 12.3. The number of hydrogen-bond acceptors (Lipinski definition) is 5. The number of benzene rings is 2. The molecule has 6 nitrogen and oxygen atoms in total. The maximum atomic E-state index is 6.23. The van der Waals surface area contributed by atoms with Crippen LogP contribution in [-0.4, -0.2) is 46.3 Å². The van der Waals surface area contributed by atoms with Crippen LogP contribution in [0.25, 0.3) is 22.2 Å². The zero-order valence-corrected chi connectivity index (χ0v) is 23.9. The normalized spacial score (nSPS) is 21.6. The lowest BCUT2D eigenvalue weighted by molar-refractivity contribution is 0.257. The molecule has 6 heteroatoms. The first-order valence-electron chi connectivity index (χ1n) is 14.4. The average molecular weight is 524 g/mol. The molecule has 1 fully saturated rings. The monoisotopic (exact) mass is 523 g/mol. The van der Waals surface area contributed by atoms with E-state index in [0.717, 1.165) is 67.2 Å². The molecule has 2 N–H and O–H groups in total. The minimum Gasteiger partial charge on any atom is -0.491 e. The summed E-state index contributed by atoms with van der Waals surface area (Å²) in [5.74, 6) is 1.90. The fraction of sp³-hybridized carbons (Fsp3) is 0.455. The molecule has 2 aliphatic heterocycles. The van der Waals surface area contributed by atoms with Gasteiger partial charge in [0, 0.05) is 35.3 Å². The Kier molecular flexibility index (Phi) is 6.84. The number of aryl methyl sites for hydroxylation is 1. The van der Waals surface area contributed by atoms with Gasteiger partial charge in [0.15, 0.2) is 0 Å². The van der Waals surface area contributed by atoms with Gasteiger partial charge in [-0.05, 0) is 98.9 Å². The van der Waals surface area contributed by atoms with Gasteiger partial charge in [-0.15, -0.1) is 0 Å². The molecule has 1 unspecified atom stereocenters. The van der Waals surface area contributed by atoms with Crippen molar-refractivity contribution in [2.75, 3.05) is 19.7 Å². The van der Waals surface area contributed by atoms with Crippen molar-refractivity contribution < 1.29 is 4.74 Å². The van der Waals surface area contributed by atoms with Gasteiger partial charge in [0.05, 0.1) is 17.6 Å². The molecule has 3 heterocycles. The van der Waals surface area contributed by atoms with Crippen molar-refractivity contribution in [3.63, 3.8) is 0 Å². The van der Waals surface area contributed by atoms with E-state index in [1.807, 2.05) is 6.92 Å². The highest BCUT2D eigenvalue weighted by Gasteiger charge is 2.31. The van der Waals surface area contributed by atoms with Gasteiger partial charge >= 0.3 is 0 Å². The average Bonchev–Trinajstić information content (AvgIpc) is 3.53. The Morgan fingerprint density at radius 2 is 2.00 bits per heavy atom. The van der Waals surface area contributed by atoms with Crippen LogP contribution in [0.1, 0.15) is 64.3 Å². The molecule has 0 amide bonds. The predicted molar refractivity (Wildman–Crippen MR) is 160 cm³/mol. The number of rotatable bonds is 5. The van der Waals surface area contributed by atoms with Crippen LogP contribution >= 0.6 is 0 Å². The highest BCUT2D eigenvalue weighted by molar-refractivity contribution is 5.88. The van der Waals surface area contributed by atoms with Gasteiger partial charge in [0.1, 0.15) is 18.2 Å². The zero-order chi connectivity index (χ0) is 27.1. The van der Waals surface area contributed by atoms with Gasteiger partial charge < -0.3 is 19.9 Å². The molecule has 1 aromatic heterocycles. The van der Waals surface area contributed by atoms with Crippen LogP contribution in [0.5, 0.6) is 5.75 Å². The Hall–Kier alpha value is -3.38. The van der Waals surface area contributed by atoms with Crippen LogP contribution in [-0.2, 0) is 6.54 Å². The lowest BCUT2D eigenvalue weighted by Crippen LogP contribution is -2.31. The van der Waals surface area contributed by atoms with E-state index in [1.165, 1.54) is 46.5 Å². The smallest absolute Gasteiger partial charge is 0.124 e. The number of nitrogens with zero attached hydrogens (tertiary/aromatic N) is 3. The Morgan fingerprint density at radius 1 is 1.18 bits per heavy atom. The molecule has 6 rings (SSSR count). The van der Waals surface area contributed by atoms with Crippen LogP contribution in [0.15, 0.2) is 64.9 Å². The number of H-pyrrole nitrogens is 1. The number of nitrogens with one attached hydrogen (secondary N) is 2. The molecule has 2 aromatic carbocycles. The van der Waals surface area contributed by atoms with E-state index in [-0.39, 0.29) is 5.41 Å². The van der Waals surface area contributed by atoms with Gasteiger partial charge in [0.2, 0.25) is 0 Å². The minimum absolute atomic E-state index is 0.244. The molecule has 0 saturated carbocycles. The van der Waals surface area contributed by atoms with E-state index in [1.54, 1.807) is 0 Å². The first-order chi connectivity index (χ1) is 18.8. The summed E-state index contributed by atoms with van der Waals surface area (Å²) in [7, 11) is 0. The Bertz CT molecular complexity index is 1470. The zero-order valence-electron chi connectivity index (χ0n) is 23.9. The van der Waals surface area contributed by atoms with Crippen LogP contribution in [0.3, 0.4) is 0 Å². The summed E-state index contributed by atoms with van der Waals surface area (Å²) in [6.45, 7) is 16.9. The summed E-state index contributed by atoms with van der Waals surface area (Å²) in [5.41, 5.74) is 10.7. The number of aromatic nitrogens is 2. The lowest BCUT2D eigenvalue weighted by Gasteiger charge is -2.36. The summed E-state index contributed by atoms with van der Waals surface area (Å²) in [6, 6.07) is 13.4. The topological polar surface area (TPSA) is 65.5 Å². The number of aromatic amines is 1. The molecule has 204 valence electrons. The number of ether oxygens (including phenoxy) is 1. The van der Waals surface area contributed by atoms with Crippen LogP contribution in [0, 0.1) is 12.3 Å². The number of hydrogen-bond donors (Lipinski definition) is 2. The number of fused-ring (bicyclic) bond motifs is 2. The Morgan fingerprint density at radius 3 is 2.82 bits per heavy atom. The van der Waals surface area contributed by atoms with Gasteiger partial charge in [-0.1, -0.05) is 32.6 Å². The Balaban J connectivity index is 1.30. The van der Waals surface area contributed by atoms with Gasteiger partial charge in [-0.25, -0.2) is 4.98 Å². The summed E-state index contributed by atoms with van der Waals surface area (Å²) in [6.07, 6.45) is 5.58. The third-order valence-corrected chi connectivity index (χ3v) is 8.62. The largest absolute Gasteiger partial charge is 0.491 e. The highest BCUT2D eigenvalue weighted by atomic mass is 16.5. The molecule has 1 saturated heterocycles. The molecule has 3 aromatic rings.